The van der Waals surface area contributed by atoms with Gasteiger partial charge in [-0.25, -0.2) is 9.67 Å². The van der Waals surface area contributed by atoms with Crippen molar-refractivity contribution in [3.05, 3.63) is 48.2 Å². The Morgan fingerprint density at radius 2 is 1.75 bits per heavy atom. The molecule has 2 heterocycles. The van der Waals surface area contributed by atoms with E-state index in [4.69, 9.17) is 0 Å². The summed E-state index contributed by atoms with van der Waals surface area (Å²) in [7, 11) is 3.25. The minimum absolute atomic E-state index is 0.119. The van der Waals surface area contributed by atoms with Gasteiger partial charge in [0.05, 0.1) is 5.56 Å². The van der Waals surface area contributed by atoms with E-state index in [1.807, 2.05) is 6.07 Å². The molecule has 0 spiro atoms. The number of aryl methyl sites for hydroxylation is 1. The number of alkyl halides is 3. The van der Waals surface area contributed by atoms with Gasteiger partial charge in [0.25, 0.3) is 0 Å². The largest absolute Gasteiger partial charge is 0.433 e. The van der Waals surface area contributed by atoms with E-state index in [2.05, 4.69) is 20.5 Å². The quantitative estimate of drug-likeness (QED) is 0.737. The third kappa shape index (κ3) is 2.92. The Balaban J connectivity index is 2.18. The topological polar surface area (TPSA) is 59.7 Å². The maximum Gasteiger partial charge on any atom is 0.433 e. The standard InChI is InChI=1S/C15H13F3N6/c1-23(10-6-4-3-5-7-10)13-11(14-20-21-22-24(14)2)8-9-12(19-13)15(16,17)18/h3-9H,1-2H3. The average Bonchev–Trinajstić information content (AvgIpc) is 2.99. The molecule has 0 aliphatic carbocycles. The fraction of sp³-hybridized carbons (Fsp3) is 0.200. The first-order chi connectivity index (χ1) is 11.4. The van der Waals surface area contributed by atoms with E-state index in [0.29, 0.717) is 17.1 Å². The molecule has 0 saturated carbocycles. The molecular formula is C15H13F3N6. The molecule has 0 aliphatic rings. The van der Waals surface area contributed by atoms with Crippen molar-refractivity contribution in [1.29, 1.82) is 0 Å². The van der Waals surface area contributed by atoms with Crippen molar-refractivity contribution in [2.24, 2.45) is 7.05 Å². The predicted octanol–water partition coefficient (Wildman–Crippen LogP) is 3.06. The molecule has 0 aliphatic heterocycles. The van der Waals surface area contributed by atoms with E-state index in [-0.39, 0.29) is 5.82 Å². The number of anilines is 2. The van der Waals surface area contributed by atoms with Crippen LogP contribution in [0.15, 0.2) is 42.5 Å². The minimum atomic E-state index is -4.54. The summed E-state index contributed by atoms with van der Waals surface area (Å²) in [4.78, 5) is 5.38. The van der Waals surface area contributed by atoms with Gasteiger partial charge in [-0.15, -0.1) is 5.10 Å². The van der Waals surface area contributed by atoms with Crippen LogP contribution in [0.3, 0.4) is 0 Å². The highest BCUT2D eigenvalue weighted by Gasteiger charge is 2.34. The monoisotopic (exact) mass is 334 g/mol. The molecule has 24 heavy (non-hydrogen) atoms. The SMILES string of the molecule is CN(c1ccccc1)c1nc(C(F)(F)F)ccc1-c1nnnn1C. The van der Waals surface area contributed by atoms with Crippen LogP contribution in [-0.4, -0.2) is 32.2 Å². The number of hydrogen-bond acceptors (Lipinski definition) is 5. The minimum Gasteiger partial charge on any atom is -0.329 e. The van der Waals surface area contributed by atoms with Crippen LogP contribution in [0.2, 0.25) is 0 Å². The Kier molecular flexibility index (Phi) is 3.92. The number of nitrogens with zero attached hydrogens (tertiary/aromatic N) is 6. The molecule has 1 aromatic carbocycles. The molecule has 3 aromatic rings. The zero-order valence-electron chi connectivity index (χ0n) is 12.9. The lowest BCUT2D eigenvalue weighted by Gasteiger charge is -2.22. The van der Waals surface area contributed by atoms with Crippen LogP contribution in [0.5, 0.6) is 0 Å². The Bertz CT molecular complexity index is 844. The normalized spacial score (nSPS) is 11.5. The summed E-state index contributed by atoms with van der Waals surface area (Å²) in [6, 6.07) is 11.2. The van der Waals surface area contributed by atoms with Gasteiger partial charge in [-0.1, -0.05) is 18.2 Å². The molecule has 3 rings (SSSR count). The number of pyridine rings is 1. The van der Waals surface area contributed by atoms with Crippen molar-refractivity contribution < 1.29 is 13.2 Å². The van der Waals surface area contributed by atoms with Gasteiger partial charge in [0.15, 0.2) is 5.82 Å². The first kappa shape index (κ1) is 15.9. The maximum atomic E-state index is 13.1. The van der Waals surface area contributed by atoms with E-state index in [0.717, 1.165) is 6.07 Å². The lowest BCUT2D eigenvalue weighted by Crippen LogP contribution is -2.17. The first-order valence-corrected chi connectivity index (χ1v) is 6.97. The number of para-hydroxylation sites is 1. The second-order valence-corrected chi connectivity index (χ2v) is 5.09. The van der Waals surface area contributed by atoms with Crippen molar-refractivity contribution in [2.75, 3.05) is 11.9 Å². The van der Waals surface area contributed by atoms with E-state index in [1.165, 1.54) is 10.7 Å². The summed E-state index contributed by atoms with van der Waals surface area (Å²) in [5.74, 6) is 0.447. The third-order valence-electron chi connectivity index (χ3n) is 3.49. The Labute approximate surface area is 135 Å². The number of hydrogen-bond donors (Lipinski definition) is 0. The summed E-state index contributed by atoms with van der Waals surface area (Å²) in [5.41, 5.74) is 0.127. The van der Waals surface area contributed by atoms with E-state index < -0.39 is 11.9 Å². The number of aromatic nitrogens is 5. The lowest BCUT2D eigenvalue weighted by molar-refractivity contribution is -0.141. The van der Waals surface area contributed by atoms with Crippen LogP contribution in [0.1, 0.15) is 5.69 Å². The molecule has 0 amide bonds. The third-order valence-corrected chi connectivity index (χ3v) is 3.49. The number of benzene rings is 1. The average molecular weight is 334 g/mol. The molecule has 0 atom stereocenters. The smallest absolute Gasteiger partial charge is 0.329 e. The fourth-order valence-electron chi connectivity index (χ4n) is 2.27. The van der Waals surface area contributed by atoms with Crippen LogP contribution >= 0.6 is 0 Å². The lowest BCUT2D eigenvalue weighted by atomic mass is 10.2. The van der Waals surface area contributed by atoms with Gasteiger partial charge in [0, 0.05) is 19.8 Å². The van der Waals surface area contributed by atoms with Gasteiger partial charge in [-0.05, 0) is 34.7 Å². The zero-order chi connectivity index (χ0) is 17.3. The molecule has 0 bridgehead atoms. The molecule has 9 heteroatoms. The molecule has 0 N–H and O–H groups in total. The Morgan fingerprint density at radius 1 is 1.04 bits per heavy atom. The van der Waals surface area contributed by atoms with Crippen LogP contribution < -0.4 is 4.90 Å². The van der Waals surface area contributed by atoms with Gasteiger partial charge in [0.2, 0.25) is 0 Å². The van der Waals surface area contributed by atoms with Gasteiger partial charge >= 0.3 is 6.18 Å². The van der Waals surface area contributed by atoms with E-state index in [9.17, 15) is 13.2 Å². The number of halogens is 3. The first-order valence-electron chi connectivity index (χ1n) is 6.97. The highest BCUT2D eigenvalue weighted by molar-refractivity contribution is 5.76. The van der Waals surface area contributed by atoms with Crippen molar-refractivity contribution in [2.45, 2.75) is 6.18 Å². The fourth-order valence-corrected chi connectivity index (χ4v) is 2.27. The molecule has 0 radical (unpaired) electrons. The van der Waals surface area contributed by atoms with Crippen molar-refractivity contribution in [3.63, 3.8) is 0 Å². The molecule has 0 saturated heterocycles. The van der Waals surface area contributed by atoms with Crippen LogP contribution in [0.25, 0.3) is 11.4 Å². The molecule has 2 aromatic heterocycles. The molecule has 124 valence electrons. The van der Waals surface area contributed by atoms with Crippen LogP contribution in [-0.2, 0) is 13.2 Å². The summed E-state index contributed by atoms with van der Waals surface area (Å²) >= 11 is 0. The summed E-state index contributed by atoms with van der Waals surface area (Å²) in [6.45, 7) is 0. The van der Waals surface area contributed by atoms with Crippen molar-refractivity contribution in [3.8, 4) is 11.4 Å². The van der Waals surface area contributed by atoms with Crippen molar-refractivity contribution in [1.82, 2.24) is 25.2 Å². The zero-order valence-corrected chi connectivity index (χ0v) is 12.9. The van der Waals surface area contributed by atoms with Gasteiger partial charge in [-0.2, -0.15) is 13.2 Å². The summed E-state index contributed by atoms with van der Waals surface area (Å²) < 4.78 is 40.6. The Morgan fingerprint density at radius 3 is 2.33 bits per heavy atom. The molecule has 0 unspecified atom stereocenters. The summed E-state index contributed by atoms with van der Waals surface area (Å²) in [5, 5.41) is 11.1. The van der Waals surface area contributed by atoms with E-state index >= 15 is 0 Å². The molecular weight excluding hydrogens is 321 g/mol. The van der Waals surface area contributed by atoms with Crippen LogP contribution in [0, 0.1) is 0 Å². The van der Waals surface area contributed by atoms with Crippen molar-refractivity contribution >= 4 is 11.5 Å². The summed E-state index contributed by atoms with van der Waals surface area (Å²) in [6.07, 6.45) is -4.54. The highest BCUT2D eigenvalue weighted by Crippen LogP contribution is 2.35. The Hall–Kier alpha value is -2.97. The van der Waals surface area contributed by atoms with Gasteiger partial charge < -0.3 is 4.90 Å². The van der Waals surface area contributed by atoms with E-state index in [1.54, 1.807) is 43.3 Å². The van der Waals surface area contributed by atoms with Gasteiger partial charge in [0.1, 0.15) is 11.5 Å². The molecule has 6 nitrogen and oxygen atoms in total. The molecule has 0 fully saturated rings. The number of rotatable bonds is 3. The second kappa shape index (κ2) is 5.91. The predicted molar refractivity (Wildman–Crippen MR) is 81.5 cm³/mol. The number of tetrazole rings is 1. The second-order valence-electron chi connectivity index (χ2n) is 5.09. The maximum absolute atomic E-state index is 13.1. The van der Waals surface area contributed by atoms with Crippen LogP contribution in [0.4, 0.5) is 24.7 Å². The highest BCUT2D eigenvalue weighted by atomic mass is 19.4. The van der Waals surface area contributed by atoms with Gasteiger partial charge in [-0.3, -0.25) is 0 Å².